The van der Waals surface area contributed by atoms with Gasteiger partial charge in [-0.15, -0.1) is 0 Å². The SMILES string of the molecule is CCOCC=C(CC(=O)O)C(=O)O. The highest BCUT2D eigenvalue weighted by Gasteiger charge is 2.10. The second kappa shape index (κ2) is 6.19. The summed E-state index contributed by atoms with van der Waals surface area (Å²) in [6, 6.07) is 0. The van der Waals surface area contributed by atoms with E-state index < -0.39 is 18.4 Å². The summed E-state index contributed by atoms with van der Waals surface area (Å²) in [7, 11) is 0. The molecule has 0 aromatic rings. The Hall–Kier alpha value is -1.36. The van der Waals surface area contributed by atoms with Crippen LogP contribution in [0.25, 0.3) is 0 Å². The molecule has 5 nitrogen and oxygen atoms in total. The lowest BCUT2D eigenvalue weighted by atomic mass is 10.2. The Morgan fingerprint density at radius 1 is 1.38 bits per heavy atom. The van der Waals surface area contributed by atoms with Crippen LogP contribution in [0, 0.1) is 0 Å². The molecular formula is C8H12O5. The molecule has 0 aromatic carbocycles. The fourth-order valence-corrected chi connectivity index (χ4v) is 0.675. The van der Waals surface area contributed by atoms with Crippen molar-refractivity contribution in [3.63, 3.8) is 0 Å². The topological polar surface area (TPSA) is 83.8 Å². The normalized spacial score (nSPS) is 11.3. The average molecular weight is 188 g/mol. The highest BCUT2D eigenvalue weighted by Crippen LogP contribution is 2.01. The second-order valence-corrected chi connectivity index (χ2v) is 2.26. The van der Waals surface area contributed by atoms with Gasteiger partial charge in [-0.25, -0.2) is 4.79 Å². The van der Waals surface area contributed by atoms with Gasteiger partial charge in [-0.3, -0.25) is 4.79 Å². The molecule has 0 bridgehead atoms. The van der Waals surface area contributed by atoms with Crippen molar-refractivity contribution in [2.24, 2.45) is 0 Å². The first-order valence-electron chi connectivity index (χ1n) is 3.79. The molecule has 0 aliphatic carbocycles. The predicted molar refractivity (Wildman–Crippen MR) is 44.5 cm³/mol. The van der Waals surface area contributed by atoms with Gasteiger partial charge in [0, 0.05) is 12.2 Å². The molecule has 0 heterocycles. The van der Waals surface area contributed by atoms with Gasteiger partial charge >= 0.3 is 11.9 Å². The van der Waals surface area contributed by atoms with Crippen LogP contribution in [0.4, 0.5) is 0 Å². The minimum atomic E-state index is -1.22. The van der Waals surface area contributed by atoms with Gasteiger partial charge in [-0.2, -0.15) is 0 Å². The van der Waals surface area contributed by atoms with Crippen molar-refractivity contribution in [2.45, 2.75) is 13.3 Å². The summed E-state index contributed by atoms with van der Waals surface area (Å²) in [5, 5.41) is 16.9. The third kappa shape index (κ3) is 5.86. The van der Waals surface area contributed by atoms with Crippen molar-refractivity contribution in [1.82, 2.24) is 0 Å². The van der Waals surface area contributed by atoms with Gasteiger partial charge in [0.25, 0.3) is 0 Å². The molecule has 0 unspecified atom stereocenters. The third-order valence-electron chi connectivity index (χ3n) is 1.27. The largest absolute Gasteiger partial charge is 0.481 e. The Bertz CT molecular complexity index is 219. The number of rotatable bonds is 6. The van der Waals surface area contributed by atoms with Crippen LogP contribution in [-0.4, -0.2) is 35.4 Å². The van der Waals surface area contributed by atoms with Gasteiger partial charge < -0.3 is 14.9 Å². The summed E-state index contributed by atoms with van der Waals surface area (Å²) < 4.78 is 4.86. The number of carboxylic acid groups (broad SMARTS) is 2. The van der Waals surface area contributed by atoms with Crippen molar-refractivity contribution >= 4 is 11.9 Å². The van der Waals surface area contributed by atoms with E-state index in [2.05, 4.69) is 0 Å². The lowest BCUT2D eigenvalue weighted by Crippen LogP contribution is -2.08. The minimum Gasteiger partial charge on any atom is -0.481 e. The van der Waals surface area contributed by atoms with Crippen LogP contribution in [0.1, 0.15) is 13.3 Å². The molecule has 0 amide bonds. The molecule has 74 valence electrons. The molecule has 13 heavy (non-hydrogen) atoms. The zero-order chi connectivity index (χ0) is 10.3. The van der Waals surface area contributed by atoms with Crippen LogP contribution in [0.2, 0.25) is 0 Å². The van der Waals surface area contributed by atoms with Gasteiger partial charge in [-0.1, -0.05) is 0 Å². The molecule has 0 fully saturated rings. The van der Waals surface area contributed by atoms with E-state index in [4.69, 9.17) is 14.9 Å². The highest BCUT2D eigenvalue weighted by atomic mass is 16.5. The Labute approximate surface area is 75.6 Å². The molecule has 5 heteroatoms. The highest BCUT2D eigenvalue weighted by molar-refractivity contribution is 5.92. The monoisotopic (exact) mass is 188 g/mol. The van der Waals surface area contributed by atoms with E-state index in [1.54, 1.807) is 6.92 Å². The zero-order valence-corrected chi connectivity index (χ0v) is 7.32. The second-order valence-electron chi connectivity index (χ2n) is 2.26. The van der Waals surface area contributed by atoms with E-state index in [9.17, 15) is 9.59 Å². The maximum Gasteiger partial charge on any atom is 0.331 e. The number of carbonyl (C=O) groups is 2. The smallest absolute Gasteiger partial charge is 0.331 e. The van der Waals surface area contributed by atoms with Gasteiger partial charge in [0.1, 0.15) is 0 Å². The number of hydrogen-bond acceptors (Lipinski definition) is 3. The Kier molecular flexibility index (Phi) is 5.54. The first-order chi connectivity index (χ1) is 6.07. The first-order valence-corrected chi connectivity index (χ1v) is 3.79. The fourth-order valence-electron chi connectivity index (χ4n) is 0.675. The van der Waals surface area contributed by atoms with E-state index >= 15 is 0 Å². The molecule has 0 aromatic heterocycles. The van der Waals surface area contributed by atoms with E-state index in [1.807, 2.05) is 0 Å². The predicted octanol–water partition coefficient (Wildman–Crippen LogP) is 0.509. The summed E-state index contributed by atoms with van der Waals surface area (Å²) in [5.74, 6) is -2.38. The lowest BCUT2D eigenvalue weighted by Gasteiger charge is -1.98. The molecule has 0 saturated carbocycles. The van der Waals surface area contributed by atoms with Crippen LogP contribution in [0.5, 0.6) is 0 Å². The van der Waals surface area contributed by atoms with E-state index in [-0.39, 0.29) is 12.2 Å². The maximum atomic E-state index is 10.4. The standard InChI is InChI=1S/C8H12O5/c1-2-13-4-3-6(8(11)12)5-7(9)10/h3H,2,4-5H2,1H3,(H,9,10)(H,11,12). The van der Waals surface area contributed by atoms with Crippen molar-refractivity contribution in [1.29, 1.82) is 0 Å². The lowest BCUT2D eigenvalue weighted by molar-refractivity contribution is -0.139. The van der Waals surface area contributed by atoms with Gasteiger partial charge in [0.05, 0.1) is 13.0 Å². The van der Waals surface area contributed by atoms with Crippen LogP contribution in [-0.2, 0) is 14.3 Å². The van der Waals surface area contributed by atoms with E-state index in [0.717, 1.165) is 0 Å². The number of aliphatic carboxylic acids is 2. The molecule has 0 rings (SSSR count). The fraction of sp³-hybridized carbons (Fsp3) is 0.500. The number of hydrogen-bond donors (Lipinski definition) is 2. The van der Waals surface area contributed by atoms with Crippen molar-refractivity contribution in [3.05, 3.63) is 11.6 Å². The third-order valence-corrected chi connectivity index (χ3v) is 1.27. The van der Waals surface area contributed by atoms with Gasteiger partial charge in [0.2, 0.25) is 0 Å². The van der Waals surface area contributed by atoms with Crippen LogP contribution in [0.15, 0.2) is 11.6 Å². The zero-order valence-electron chi connectivity index (χ0n) is 7.32. The Morgan fingerprint density at radius 3 is 2.38 bits per heavy atom. The van der Waals surface area contributed by atoms with Crippen molar-refractivity contribution in [3.8, 4) is 0 Å². The molecular weight excluding hydrogens is 176 g/mol. The molecule has 0 radical (unpaired) electrons. The summed E-state index contributed by atoms with van der Waals surface area (Å²) in [6.45, 7) is 2.37. The molecule has 0 aliphatic rings. The quantitative estimate of drug-likeness (QED) is 0.468. The molecule has 0 saturated heterocycles. The summed E-state index contributed by atoms with van der Waals surface area (Å²) in [5.41, 5.74) is -0.152. The maximum absolute atomic E-state index is 10.4. The Morgan fingerprint density at radius 2 is 2.00 bits per heavy atom. The molecule has 0 spiro atoms. The Balaban J connectivity index is 4.15. The summed E-state index contributed by atoms with van der Waals surface area (Å²) in [4.78, 5) is 20.6. The molecule has 0 atom stereocenters. The van der Waals surface area contributed by atoms with E-state index in [0.29, 0.717) is 6.61 Å². The average Bonchev–Trinajstić information content (AvgIpc) is 2.02. The molecule has 2 N–H and O–H groups in total. The van der Waals surface area contributed by atoms with Gasteiger partial charge in [0.15, 0.2) is 0 Å². The van der Waals surface area contributed by atoms with E-state index in [1.165, 1.54) is 6.08 Å². The first kappa shape index (κ1) is 11.6. The number of ether oxygens (including phenoxy) is 1. The summed E-state index contributed by atoms with van der Waals surface area (Å²) >= 11 is 0. The van der Waals surface area contributed by atoms with Crippen LogP contribution in [0.3, 0.4) is 0 Å². The van der Waals surface area contributed by atoms with Crippen molar-refractivity contribution < 1.29 is 24.5 Å². The minimum absolute atomic E-state index is 0.130. The van der Waals surface area contributed by atoms with Crippen LogP contribution < -0.4 is 0 Å². The van der Waals surface area contributed by atoms with Crippen molar-refractivity contribution in [2.75, 3.05) is 13.2 Å². The van der Waals surface area contributed by atoms with Crippen LogP contribution >= 0.6 is 0 Å². The van der Waals surface area contributed by atoms with Gasteiger partial charge in [-0.05, 0) is 13.0 Å². The summed E-state index contributed by atoms with van der Waals surface area (Å²) in [6.07, 6.45) is 0.780. The molecule has 0 aliphatic heterocycles. The number of carboxylic acids is 2.